The fraction of sp³-hybridized carbons (Fsp3) is 0.250. The fourth-order valence-electron chi connectivity index (χ4n) is 2.06. The van der Waals surface area contributed by atoms with Crippen LogP contribution in [-0.4, -0.2) is 16.8 Å². The lowest BCUT2D eigenvalue weighted by Crippen LogP contribution is -2.32. The van der Waals surface area contributed by atoms with Crippen LogP contribution in [0.4, 0.5) is 0 Å². The third-order valence-electron chi connectivity index (χ3n) is 3.10. The van der Waals surface area contributed by atoms with Gasteiger partial charge < -0.3 is 10.2 Å². The zero-order valence-electron chi connectivity index (χ0n) is 13.0. The molecule has 0 aliphatic heterocycles. The maximum atomic E-state index is 11.0. The van der Waals surface area contributed by atoms with Crippen LogP contribution in [0.15, 0.2) is 60.7 Å². The second-order valence-electron chi connectivity index (χ2n) is 4.28. The summed E-state index contributed by atoms with van der Waals surface area (Å²) in [5.74, 6) is -0.936. The summed E-state index contributed by atoms with van der Waals surface area (Å²) >= 11 is 0. The van der Waals surface area contributed by atoms with Crippen LogP contribution in [-0.2, 0) is 5.60 Å². The highest BCUT2D eigenvalue weighted by molar-refractivity contribution is 5.30. The average Bonchev–Trinajstić information content (AvgIpc) is 2.48. The number of rotatable bonds is 4. The molecule has 0 spiro atoms. The molecule has 0 radical (unpaired) electrons. The lowest BCUT2D eigenvalue weighted by Gasteiger charge is -2.32. The Kier molecular flexibility index (Phi) is 2.76. The minimum absolute atomic E-state index is 0.271. The summed E-state index contributed by atoms with van der Waals surface area (Å²) in [6.07, 6.45) is 0. The molecule has 0 aliphatic rings. The van der Waals surface area contributed by atoms with Crippen LogP contribution in [0.3, 0.4) is 0 Å². The van der Waals surface area contributed by atoms with Crippen LogP contribution < -0.4 is 0 Å². The molecule has 0 saturated carbocycles. The molecule has 2 rings (SSSR count). The Balaban J connectivity index is 2.60. The molecule has 0 saturated heterocycles. The zero-order valence-corrected chi connectivity index (χ0v) is 9.95. The van der Waals surface area contributed by atoms with Crippen molar-refractivity contribution in [2.24, 2.45) is 0 Å². The number of hydrogen-bond acceptors (Lipinski definition) is 2. The van der Waals surface area contributed by atoms with Crippen molar-refractivity contribution in [2.45, 2.75) is 18.4 Å². The highest BCUT2D eigenvalue weighted by Gasteiger charge is 2.34. The van der Waals surface area contributed by atoms with Gasteiger partial charge in [-0.1, -0.05) is 60.7 Å². The highest BCUT2D eigenvalue weighted by atomic mass is 16.3. The monoisotopic (exact) mass is 246 g/mol. The van der Waals surface area contributed by atoms with Gasteiger partial charge in [-0.25, -0.2) is 0 Å². The smallest absolute Gasteiger partial charge is 0.0958 e. The van der Waals surface area contributed by atoms with Gasteiger partial charge in [0, 0.05) is 10.0 Å². The van der Waals surface area contributed by atoms with E-state index in [1.54, 1.807) is 60.7 Å². The van der Waals surface area contributed by atoms with E-state index >= 15 is 0 Å². The van der Waals surface area contributed by atoms with Crippen molar-refractivity contribution in [3.8, 4) is 0 Å². The molecule has 0 aliphatic carbocycles. The standard InChI is InChI=1S/C16H18O2/c1-16(18,14-10-6-3-7-11-14)15(12-17)13-8-4-2-5-9-13/h2-11,15,17-18H,12H2,1H3/i1+1D3. The van der Waals surface area contributed by atoms with E-state index in [1.165, 1.54) is 0 Å². The number of aliphatic hydroxyl groups is 2. The van der Waals surface area contributed by atoms with E-state index in [0.29, 0.717) is 5.56 Å². The summed E-state index contributed by atoms with van der Waals surface area (Å²) in [7, 11) is 0. The summed E-state index contributed by atoms with van der Waals surface area (Å²) < 4.78 is 23.3. The summed E-state index contributed by atoms with van der Waals surface area (Å²) in [4.78, 5) is 0. The quantitative estimate of drug-likeness (QED) is 0.814. The Morgan fingerprint density at radius 2 is 1.61 bits per heavy atom. The first-order valence-corrected chi connectivity index (χ1v) is 5.85. The van der Waals surface area contributed by atoms with Gasteiger partial charge in [0.2, 0.25) is 0 Å². The van der Waals surface area contributed by atoms with Crippen molar-refractivity contribution < 1.29 is 14.3 Å². The Hall–Kier alpha value is -1.64. The van der Waals surface area contributed by atoms with Crippen molar-refractivity contribution in [1.82, 2.24) is 0 Å². The molecule has 2 nitrogen and oxygen atoms in total. The lowest BCUT2D eigenvalue weighted by atomic mass is 9.83. The Labute approximate surface area is 112 Å². The van der Waals surface area contributed by atoms with Gasteiger partial charge in [0.25, 0.3) is 0 Å². The van der Waals surface area contributed by atoms with Gasteiger partial charge in [0.15, 0.2) is 0 Å². The van der Waals surface area contributed by atoms with Crippen molar-refractivity contribution in [3.05, 3.63) is 71.8 Å². The molecule has 2 unspecified atom stereocenters. The van der Waals surface area contributed by atoms with E-state index in [4.69, 9.17) is 4.11 Å². The van der Waals surface area contributed by atoms with Gasteiger partial charge >= 0.3 is 0 Å². The molecule has 2 N–H and O–H groups in total. The molecule has 2 atom stereocenters. The number of hydrogen-bond donors (Lipinski definition) is 2. The molecule has 18 heavy (non-hydrogen) atoms. The van der Waals surface area contributed by atoms with E-state index in [9.17, 15) is 10.2 Å². The Morgan fingerprint density at radius 1 is 1.06 bits per heavy atom. The van der Waals surface area contributed by atoms with Gasteiger partial charge in [-0.05, 0) is 18.0 Å². The first-order valence-electron chi connectivity index (χ1n) is 7.35. The van der Waals surface area contributed by atoms with Crippen LogP contribution in [0, 0.1) is 0 Å². The second kappa shape index (κ2) is 5.34. The molecule has 94 valence electrons. The minimum Gasteiger partial charge on any atom is -0.396 e. The minimum atomic E-state index is -2.67. The molecule has 0 amide bonds. The van der Waals surface area contributed by atoms with Gasteiger partial charge in [0.05, 0.1) is 12.2 Å². The molecule has 0 aromatic heterocycles. The van der Waals surface area contributed by atoms with Crippen molar-refractivity contribution >= 4 is 0 Å². The van der Waals surface area contributed by atoms with Crippen molar-refractivity contribution in [1.29, 1.82) is 0 Å². The lowest BCUT2D eigenvalue weighted by molar-refractivity contribution is 0.00582. The first-order chi connectivity index (χ1) is 9.91. The average molecular weight is 246 g/mol. The molecule has 2 aromatic carbocycles. The van der Waals surface area contributed by atoms with E-state index in [1.807, 2.05) is 0 Å². The maximum Gasteiger partial charge on any atom is 0.0958 e. The largest absolute Gasteiger partial charge is 0.396 e. The molecule has 0 heterocycles. The summed E-state index contributed by atoms with van der Waals surface area (Å²) in [5.41, 5.74) is -1.29. The van der Waals surface area contributed by atoms with Crippen LogP contribution in [0.5, 0.6) is 0 Å². The van der Waals surface area contributed by atoms with E-state index in [-0.39, 0.29) is 5.56 Å². The van der Waals surface area contributed by atoms with Crippen LogP contribution >= 0.6 is 0 Å². The van der Waals surface area contributed by atoms with Gasteiger partial charge in [-0.15, -0.1) is 0 Å². The normalized spacial score (nSPS) is 19.1. The molecule has 0 fully saturated rings. The Morgan fingerprint density at radius 3 is 2.11 bits per heavy atom. The topological polar surface area (TPSA) is 40.5 Å². The summed E-state index contributed by atoms with van der Waals surface area (Å²) in [5, 5.41) is 20.7. The molecule has 0 bridgehead atoms. The van der Waals surface area contributed by atoms with Gasteiger partial charge in [-0.2, -0.15) is 0 Å². The fourth-order valence-corrected chi connectivity index (χ4v) is 2.06. The SMILES string of the molecule is [2H][13C]([2H])([2H])C(O)(c1ccccc1)C(CO)c1ccccc1. The summed E-state index contributed by atoms with van der Waals surface area (Å²) in [6, 6.07) is 17.0. The third-order valence-corrected chi connectivity index (χ3v) is 3.10. The molecular weight excluding hydrogens is 225 g/mol. The van der Waals surface area contributed by atoms with Crippen LogP contribution in [0.1, 0.15) is 28.0 Å². The molecular formula is C16H18O2. The summed E-state index contributed by atoms with van der Waals surface area (Å²) in [6.45, 7) is -3.13. The van der Waals surface area contributed by atoms with Gasteiger partial charge in [0.1, 0.15) is 0 Å². The third kappa shape index (κ3) is 2.45. The van der Waals surface area contributed by atoms with E-state index in [2.05, 4.69) is 0 Å². The molecule has 2 aromatic rings. The van der Waals surface area contributed by atoms with Crippen LogP contribution in [0.2, 0.25) is 0 Å². The maximum absolute atomic E-state index is 11.0. The number of aliphatic hydroxyl groups excluding tert-OH is 1. The van der Waals surface area contributed by atoms with Crippen molar-refractivity contribution in [3.63, 3.8) is 0 Å². The number of benzene rings is 2. The zero-order chi connectivity index (χ0) is 15.5. The Bertz CT molecular complexity index is 569. The highest BCUT2D eigenvalue weighted by Crippen LogP contribution is 2.36. The second-order valence-corrected chi connectivity index (χ2v) is 4.28. The van der Waals surface area contributed by atoms with Crippen LogP contribution in [0.25, 0.3) is 0 Å². The predicted molar refractivity (Wildman–Crippen MR) is 72.3 cm³/mol. The molecule has 2 heteroatoms. The first kappa shape index (κ1) is 9.31. The van der Waals surface area contributed by atoms with Gasteiger partial charge in [-0.3, -0.25) is 0 Å². The van der Waals surface area contributed by atoms with E-state index < -0.39 is 25.0 Å². The van der Waals surface area contributed by atoms with Crippen molar-refractivity contribution in [2.75, 3.05) is 6.61 Å². The predicted octanol–water partition coefficient (Wildman–Crippen LogP) is 2.67. The van der Waals surface area contributed by atoms with E-state index in [0.717, 1.165) is 0 Å².